The number of benzene rings is 2. The Labute approximate surface area is 179 Å². The van der Waals surface area contributed by atoms with Gasteiger partial charge in [0, 0.05) is 24.8 Å². The predicted molar refractivity (Wildman–Crippen MR) is 118 cm³/mol. The van der Waals surface area contributed by atoms with Gasteiger partial charge in [0.15, 0.2) is 11.5 Å². The largest absolute Gasteiger partial charge is 0.490 e. The summed E-state index contributed by atoms with van der Waals surface area (Å²) in [5, 5.41) is 3.43. The number of nitrogens with zero attached hydrogens (tertiary/aromatic N) is 1. The number of para-hydroxylation sites is 1. The lowest BCUT2D eigenvalue weighted by Gasteiger charge is -2.16. The van der Waals surface area contributed by atoms with Gasteiger partial charge in [-0.1, -0.05) is 48.5 Å². The number of halogens is 2. The van der Waals surface area contributed by atoms with Gasteiger partial charge in [-0.05, 0) is 30.7 Å². The minimum atomic E-state index is 0. The number of hydrogen-bond acceptors (Lipinski definition) is 4. The molecule has 1 aromatic heterocycles. The van der Waals surface area contributed by atoms with Crippen molar-refractivity contribution in [2.45, 2.75) is 26.6 Å². The fourth-order valence-corrected chi connectivity index (χ4v) is 2.69. The summed E-state index contributed by atoms with van der Waals surface area (Å²) in [6, 6.07) is 22.1. The topological polar surface area (TPSA) is 43.4 Å². The first-order chi connectivity index (χ1) is 12.9. The van der Waals surface area contributed by atoms with E-state index >= 15 is 0 Å². The molecule has 2 aromatic carbocycles. The van der Waals surface area contributed by atoms with Crippen molar-refractivity contribution in [2.75, 3.05) is 6.61 Å². The van der Waals surface area contributed by atoms with E-state index in [2.05, 4.69) is 28.5 Å². The lowest BCUT2D eigenvalue weighted by atomic mass is 10.1. The van der Waals surface area contributed by atoms with E-state index in [4.69, 9.17) is 9.47 Å². The zero-order valence-electron chi connectivity index (χ0n) is 15.8. The van der Waals surface area contributed by atoms with Gasteiger partial charge in [-0.2, -0.15) is 0 Å². The zero-order valence-corrected chi connectivity index (χ0v) is 17.5. The molecule has 0 saturated heterocycles. The summed E-state index contributed by atoms with van der Waals surface area (Å²) < 4.78 is 11.9. The van der Waals surface area contributed by atoms with Crippen molar-refractivity contribution < 1.29 is 9.47 Å². The summed E-state index contributed by atoms with van der Waals surface area (Å²) in [5.41, 5.74) is 3.22. The van der Waals surface area contributed by atoms with E-state index in [1.165, 1.54) is 0 Å². The van der Waals surface area contributed by atoms with Gasteiger partial charge < -0.3 is 14.8 Å². The summed E-state index contributed by atoms with van der Waals surface area (Å²) in [7, 11) is 0. The van der Waals surface area contributed by atoms with Crippen molar-refractivity contribution in [1.29, 1.82) is 0 Å². The van der Waals surface area contributed by atoms with E-state index in [9.17, 15) is 0 Å². The first-order valence-corrected chi connectivity index (χ1v) is 8.89. The molecule has 28 heavy (non-hydrogen) atoms. The standard InChI is InChI=1S/C22H24N2O2.2ClH/c1-2-25-21-13-8-11-19(15-23-16-20-12-6-7-14-24-20)22(21)26-17-18-9-4-3-5-10-18;;/h3-14,23H,2,15-17H2,1H3;2*1H. The molecule has 1 heterocycles. The fourth-order valence-electron chi connectivity index (χ4n) is 2.69. The monoisotopic (exact) mass is 420 g/mol. The molecule has 3 aromatic rings. The van der Waals surface area contributed by atoms with Crippen LogP contribution in [0.1, 0.15) is 23.7 Å². The van der Waals surface area contributed by atoms with Crippen molar-refractivity contribution >= 4 is 24.8 Å². The van der Waals surface area contributed by atoms with E-state index < -0.39 is 0 Å². The van der Waals surface area contributed by atoms with Gasteiger partial charge in [0.1, 0.15) is 6.61 Å². The van der Waals surface area contributed by atoms with Gasteiger partial charge in [0.2, 0.25) is 0 Å². The van der Waals surface area contributed by atoms with Crippen molar-refractivity contribution in [2.24, 2.45) is 0 Å². The summed E-state index contributed by atoms with van der Waals surface area (Å²) >= 11 is 0. The maximum atomic E-state index is 6.13. The summed E-state index contributed by atoms with van der Waals surface area (Å²) in [5.74, 6) is 1.58. The summed E-state index contributed by atoms with van der Waals surface area (Å²) in [4.78, 5) is 4.34. The maximum absolute atomic E-state index is 6.13. The normalized spacial score (nSPS) is 9.75. The van der Waals surface area contributed by atoms with Gasteiger partial charge in [-0.3, -0.25) is 4.98 Å². The van der Waals surface area contributed by atoms with Gasteiger partial charge in [0.25, 0.3) is 0 Å². The Morgan fingerprint density at radius 2 is 1.61 bits per heavy atom. The second kappa shape index (κ2) is 13.0. The molecule has 0 unspecified atom stereocenters. The second-order valence-electron chi connectivity index (χ2n) is 5.88. The van der Waals surface area contributed by atoms with Crippen LogP contribution in [-0.4, -0.2) is 11.6 Å². The lowest BCUT2D eigenvalue weighted by molar-refractivity contribution is 0.266. The van der Waals surface area contributed by atoms with Gasteiger partial charge >= 0.3 is 0 Å². The molecule has 0 amide bonds. The summed E-state index contributed by atoms with van der Waals surface area (Å²) in [6.07, 6.45) is 1.81. The molecular weight excluding hydrogens is 395 g/mol. The van der Waals surface area contributed by atoms with Crippen molar-refractivity contribution in [3.05, 3.63) is 89.7 Å². The van der Waals surface area contributed by atoms with Crippen LogP contribution in [0.2, 0.25) is 0 Å². The highest BCUT2D eigenvalue weighted by Gasteiger charge is 2.11. The van der Waals surface area contributed by atoms with Crippen molar-refractivity contribution in [3.63, 3.8) is 0 Å². The van der Waals surface area contributed by atoms with E-state index in [1.54, 1.807) is 6.20 Å². The number of aromatic nitrogens is 1. The highest BCUT2D eigenvalue weighted by atomic mass is 35.5. The molecule has 0 atom stereocenters. The fraction of sp³-hybridized carbons (Fsp3) is 0.227. The first kappa shape index (κ1) is 23.8. The number of pyridine rings is 1. The predicted octanol–water partition coefficient (Wildman–Crippen LogP) is 5.19. The third-order valence-corrected chi connectivity index (χ3v) is 3.93. The minimum absolute atomic E-state index is 0. The van der Waals surface area contributed by atoms with E-state index in [-0.39, 0.29) is 24.8 Å². The smallest absolute Gasteiger partial charge is 0.166 e. The van der Waals surface area contributed by atoms with Crippen LogP contribution < -0.4 is 14.8 Å². The average Bonchev–Trinajstić information content (AvgIpc) is 2.69. The minimum Gasteiger partial charge on any atom is -0.490 e. The van der Waals surface area contributed by atoms with Crippen LogP contribution in [0.15, 0.2) is 72.9 Å². The molecule has 0 aliphatic carbocycles. The Hall–Kier alpha value is -2.27. The average molecular weight is 421 g/mol. The number of rotatable bonds is 9. The second-order valence-corrected chi connectivity index (χ2v) is 5.88. The molecule has 0 radical (unpaired) electrons. The van der Waals surface area contributed by atoms with Gasteiger partial charge in [-0.25, -0.2) is 0 Å². The molecule has 1 N–H and O–H groups in total. The maximum Gasteiger partial charge on any atom is 0.166 e. The molecule has 150 valence electrons. The quantitative estimate of drug-likeness (QED) is 0.516. The SMILES string of the molecule is CCOc1cccc(CNCc2ccccn2)c1OCc1ccccc1.Cl.Cl. The molecule has 4 nitrogen and oxygen atoms in total. The lowest BCUT2D eigenvalue weighted by Crippen LogP contribution is -2.15. The Morgan fingerprint density at radius 3 is 2.32 bits per heavy atom. The Bertz CT molecular complexity index is 802. The van der Waals surface area contributed by atoms with Crippen LogP contribution in [0.4, 0.5) is 0 Å². The van der Waals surface area contributed by atoms with Crippen molar-refractivity contribution in [1.82, 2.24) is 10.3 Å². The molecule has 0 fully saturated rings. The van der Waals surface area contributed by atoms with Crippen LogP contribution >= 0.6 is 24.8 Å². The molecular formula is C22H26Cl2N2O2. The van der Waals surface area contributed by atoms with Crippen LogP contribution in [0.25, 0.3) is 0 Å². The Morgan fingerprint density at radius 1 is 0.821 bits per heavy atom. The van der Waals surface area contributed by atoms with Crippen LogP contribution in [0.3, 0.4) is 0 Å². The van der Waals surface area contributed by atoms with E-state index in [0.717, 1.165) is 28.3 Å². The Balaban J connectivity index is 0.00000196. The molecule has 6 heteroatoms. The van der Waals surface area contributed by atoms with Crippen molar-refractivity contribution in [3.8, 4) is 11.5 Å². The van der Waals surface area contributed by atoms with Crippen LogP contribution in [-0.2, 0) is 19.7 Å². The molecule has 0 aliphatic rings. The zero-order chi connectivity index (χ0) is 18.0. The van der Waals surface area contributed by atoms with Crippen LogP contribution in [0.5, 0.6) is 11.5 Å². The van der Waals surface area contributed by atoms with E-state index in [0.29, 0.717) is 26.3 Å². The highest BCUT2D eigenvalue weighted by molar-refractivity contribution is 5.85. The molecule has 3 rings (SSSR count). The Kier molecular flexibility index (Phi) is 11.0. The molecule has 0 aliphatic heterocycles. The first-order valence-electron chi connectivity index (χ1n) is 8.89. The van der Waals surface area contributed by atoms with Gasteiger partial charge in [-0.15, -0.1) is 24.8 Å². The molecule has 0 spiro atoms. The highest BCUT2D eigenvalue weighted by Crippen LogP contribution is 2.32. The molecule has 0 saturated carbocycles. The number of nitrogens with one attached hydrogen (secondary N) is 1. The van der Waals surface area contributed by atoms with Gasteiger partial charge in [0.05, 0.1) is 12.3 Å². The number of ether oxygens (including phenoxy) is 2. The molecule has 0 bridgehead atoms. The van der Waals surface area contributed by atoms with E-state index in [1.807, 2.05) is 55.5 Å². The summed E-state index contributed by atoms with van der Waals surface area (Å²) in [6.45, 7) is 4.48. The van der Waals surface area contributed by atoms with Crippen LogP contribution in [0, 0.1) is 0 Å². The third-order valence-electron chi connectivity index (χ3n) is 3.93. The third kappa shape index (κ3) is 7.04. The number of hydrogen-bond donors (Lipinski definition) is 1.